The zero-order valence-corrected chi connectivity index (χ0v) is 13.6. The van der Waals surface area contributed by atoms with E-state index in [1.807, 2.05) is 29.6 Å². The molecule has 0 atom stereocenters. The van der Waals surface area contributed by atoms with Gasteiger partial charge in [0.25, 0.3) is 5.91 Å². The van der Waals surface area contributed by atoms with Gasteiger partial charge in [0.05, 0.1) is 5.56 Å². The predicted octanol–water partition coefficient (Wildman–Crippen LogP) is 4.60. The minimum atomic E-state index is -0.223. The first-order chi connectivity index (χ1) is 10.7. The van der Waals surface area contributed by atoms with Crippen LogP contribution in [0, 0.1) is 0 Å². The molecule has 22 heavy (non-hydrogen) atoms. The molecule has 0 bridgehead atoms. The maximum atomic E-state index is 12.4. The molecular weight excluding hydrogens is 338 g/mol. The number of anilines is 1. The third-order valence-corrected chi connectivity index (χ3v) is 4.66. The molecule has 0 saturated carbocycles. The minimum Gasteiger partial charge on any atom is -0.298 e. The second-order valence-corrected chi connectivity index (χ2v) is 6.60. The third-order valence-electron chi connectivity index (χ3n) is 2.70. The van der Waals surface area contributed by atoms with Crippen LogP contribution >= 0.6 is 34.7 Å². The van der Waals surface area contributed by atoms with Gasteiger partial charge in [0.15, 0.2) is 5.13 Å². The van der Waals surface area contributed by atoms with Crippen molar-refractivity contribution >= 4 is 45.7 Å². The van der Waals surface area contributed by atoms with E-state index in [0.29, 0.717) is 20.7 Å². The molecule has 4 nitrogen and oxygen atoms in total. The minimum absolute atomic E-state index is 0.223. The smallest absolute Gasteiger partial charge is 0.260 e. The van der Waals surface area contributed by atoms with E-state index in [4.69, 9.17) is 11.6 Å². The molecule has 0 spiro atoms. The molecule has 7 heteroatoms. The van der Waals surface area contributed by atoms with Crippen LogP contribution in [0.25, 0.3) is 0 Å². The molecule has 110 valence electrons. The first-order valence-electron chi connectivity index (χ1n) is 6.31. The Bertz CT molecular complexity index is 776. The Morgan fingerprint density at radius 1 is 1.14 bits per heavy atom. The van der Waals surface area contributed by atoms with Crippen molar-refractivity contribution in [2.45, 2.75) is 9.92 Å². The Balaban J connectivity index is 1.83. The van der Waals surface area contributed by atoms with Gasteiger partial charge in [-0.3, -0.25) is 10.1 Å². The topological polar surface area (TPSA) is 54.9 Å². The lowest BCUT2D eigenvalue weighted by Gasteiger charge is -2.07. The monoisotopic (exact) mass is 347 g/mol. The highest BCUT2D eigenvalue weighted by Gasteiger charge is 2.14. The van der Waals surface area contributed by atoms with E-state index in [1.54, 1.807) is 24.5 Å². The first-order valence-corrected chi connectivity index (χ1v) is 8.39. The number of thiazole rings is 1. The number of halogens is 1. The van der Waals surface area contributed by atoms with Gasteiger partial charge in [0.1, 0.15) is 5.03 Å². The second-order valence-electron chi connectivity index (χ2n) is 4.20. The fraction of sp³-hybridized carbons (Fsp3) is 0. The highest BCUT2D eigenvalue weighted by Crippen LogP contribution is 2.30. The summed E-state index contributed by atoms with van der Waals surface area (Å²) in [5, 5.41) is 6.45. The van der Waals surface area contributed by atoms with Crippen LogP contribution in [0.1, 0.15) is 10.4 Å². The fourth-order valence-electron chi connectivity index (χ4n) is 1.71. The fourth-order valence-corrected chi connectivity index (χ4v) is 3.24. The normalized spacial score (nSPS) is 10.4. The van der Waals surface area contributed by atoms with E-state index in [9.17, 15) is 4.79 Å². The summed E-state index contributed by atoms with van der Waals surface area (Å²) in [6.07, 6.45) is 3.31. The number of rotatable bonds is 4. The molecule has 2 heterocycles. The average molecular weight is 348 g/mol. The molecule has 1 aromatic carbocycles. The number of aromatic nitrogens is 2. The molecule has 0 unspecified atom stereocenters. The van der Waals surface area contributed by atoms with Crippen molar-refractivity contribution in [3.8, 4) is 0 Å². The molecule has 3 aromatic rings. The Hall–Kier alpha value is -1.89. The van der Waals surface area contributed by atoms with E-state index in [2.05, 4.69) is 15.3 Å². The number of carbonyl (C=O) groups excluding carboxylic acids is 1. The van der Waals surface area contributed by atoms with Gasteiger partial charge in [-0.25, -0.2) is 9.97 Å². The van der Waals surface area contributed by atoms with E-state index in [-0.39, 0.29) is 5.91 Å². The van der Waals surface area contributed by atoms with E-state index in [1.165, 1.54) is 23.1 Å². The quantitative estimate of drug-likeness (QED) is 0.749. The summed E-state index contributed by atoms with van der Waals surface area (Å²) in [6.45, 7) is 0. The van der Waals surface area contributed by atoms with Crippen LogP contribution in [0.4, 0.5) is 5.13 Å². The summed E-state index contributed by atoms with van der Waals surface area (Å²) in [7, 11) is 0. The largest absolute Gasteiger partial charge is 0.298 e. The summed E-state index contributed by atoms with van der Waals surface area (Å²) in [5.41, 5.74) is 0.512. The number of nitrogens with zero attached hydrogens (tertiary/aromatic N) is 2. The molecule has 0 fully saturated rings. The van der Waals surface area contributed by atoms with Crippen molar-refractivity contribution in [1.29, 1.82) is 0 Å². The lowest BCUT2D eigenvalue weighted by molar-refractivity contribution is 0.102. The van der Waals surface area contributed by atoms with Crippen LogP contribution in [-0.2, 0) is 0 Å². The molecule has 0 radical (unpaired) electrons. The van der Waals surface area contributed by atoms with Crippen molar-refractivity contribution < 1.29 is 4.79 Å². The van der Waals surface area contributed by atoms with Gasteiger partial charge in [-0.1, -0.05) is 23.4 Å². The van der Waals surface area contributed by atoms with Gasteiger partial charge in [-0.05, 0) is 36.4 Å². The lowest BCUT2D eigenvalue weighted by Crippen LogP contribution is -2.13. The van der Waals surface area contributed by atoms with Crippen molar-refractivity contribution in [1.82, 2.24) is 9.97 Å². The Kier molecular flexibility index (Phi) is 4.72. The molecule has 3 rings (SSSR count). The predicted molar refractivity (Wildman–Crippen MR) is 89.9 cm³/mol. The number of pyridine rings is 1. The summed E-state index contributed by atoms with van der Waals surface area (Å²) < 4.78 is 0. The molecular formula is C15H10ClN3OS2. The zero-order chi connectivity index (χ0) is 15.4. The van der Waals surface area contributed by atoms with E-state index >= 15 is 0 Å². The third kappa shape index (κ3) is 3.65. The molecule has 0 aliphatic heterocycles. The second kappa shape index (κ2) is 6.91. The summed E-state index contributed by atoms with van der Waals surface area (Å²) >= 11 is 8.67. The van der Waals surface area contributed by atoms with Crippen LogP contribution < -0.4 is 5.32 Å². The van der Waals surface area contributed by atoms with Crippen molar-refractivity contribution in [2.24, 2.45) is 0 Å². The number of hydrogen-bond acceptors (Lipinski definition) is 5. The maximum absolute atomic E-state index is 12.4. The van der Waals surface area contributed by atoms with Crippen LogP contribution in [-0.4, -0.2) is 15.9 Å². The number of nitrogens with one attached hydrogen (secondary N) is 1. The van der Waals surface area contributed by atoms with E-state index in [0.717, 1.165) is 4.90 Å². The van der Waals surface area contributed by atoms with Crippen molar-refractivity contribution in [3.05, 3.63) is 64.8 Å². The Labute approximate surface area is 140 Å². The van der Waals surface area contributed by atoms with Crippen molar-refractivity contribution in [2.75, 3.05) is 5.32 Å². The van der Waals surface area contributed by atoms with Gasteiger partial charge < -0.3 is 0 Å². The van der Waals surface area contributed by atoms with Crippen LogP contribution in [0.2, 0.25) is 5.02 Å². The van der Waals surface area contributed by atoms with Crippen LogP contribution in [0.15, 0.2) is 64.1 Å². The highest BCUT2D eigenvalue weighted by atomic mass is 35.5. The van der Waals surface area contributed by atoms with Crippen LogP contribution in [0.5, 0.6) is 0 Å². The lowest BCUT2D eigenvalue weighted by atomic mass is 10.3. The van der Waals surface area contributed by atoms with Crippen LogP contribution in [0.3, 0.4) is 0 Å². The molecule has 2 aromatic heterocycles. The number of benzene rings is 1. The standard InChI is InChI=1S/C15H10ClN3OS2/c16-10-3-5-11(6-4-10)22-14-12(2-1-7-17-14)13(20)19-15-18-8-9-21-15/h1-9H,(H,18,19,20). The van der Waals surface area contributed by atoms with Gasteiger partial charge in [0, 0.05) is 27.7 Å². The van der Waals surface area contributed by atoms with Gasteiger partial charge in [0.2, 0.25) is 0 Å². The number of amides is 1. The number of carbonyl (C=O) groups is 1. The zero-order valence-electron chi connectivity index (χ0n) is 11.2. The maximum Gasteiger partial charge on any atom is 0.260 e. The Morgan fingerprint density at radius 2 is 1.95 bits per heavy atom. The Morgan fingerprint density at radius 3 is 2.68 bits per heavy atom. The summed E-state index contributed by atoms with van der Waals surface area (Å²) in [4.78, 5) is 21.7. The van der Waals surface area contributed by atoms with Gasteiger partial charge >= 0.3 is 0 Å². The SMILES string of the molecule is O=C(Nc1nccs1)c1cccnc1Sc1ccc(Cl)cc1. The summed E-state index contributed by atoms with van der Waals surface area (Å²) in [5.74, 6) is -0.223. The number of hydrogen-bond donors (Lipinski definition) is 1. The molecule has 0 saturated heterocycles. The molecule has 0 aliphatic rings. The highest BCUT2D eigenvalue weighted by molar-refractivity contribution is 7.99. The molecule has 1 N–H and O–H groups in total. The van der Waals surface area contributed by atoms with Crippen molar-refractivity contribution in [3.63, 3.8) is 0 Å². The molecule has 1 amide bonds. The van der Waals surface area contributed by atoms with Gasteiger partial charge in [-0.2, -0.15) is 0 Å². The molecule has 0 aliphatic carbocycles. The average Bonchev–Trinajstić information content (AvgIpc) is 3.03. The first kappa shape index (κ1) is 15.0. The summed E-state index contributed by atoms with van der Waals surface area (Å²) in [6, 6.07) is 10.9. The van der Waals surface area contributed by atoms with Gasteiger partial charge in [-0.15, -0.1) is 11.3 Å². The van der Waals surface area contributed by atoms with E-state index < -0.39 is 0 Å².